The van der Waals surface area contributed by atoms with Gasteiger partial charge in [0.15, 0.2) is 0 Å². The largest absolute Gasteiger partial charge is 0.388 e. The van der Waals surface area contributed by atoms with Crippen LogP contribution in [0.5, 0.6) is 0 Å². The van der Waals surface area contributed by atoms with E-state index in [1.54, 1.807) is 0 Å². The summed E-state index contributed by atoms with van der Waals surface area (Å²) >= 11 is 4.97. The summed E-state index contributed by atoms with van der Waals surface area (Å²) in [6.45, 7) is 4.30. The molecule has 104 valence electrons. The number of para-hydroxylation sites is 1. The number of hydrogen-bond acceptors (Lipinski definition) is 3. The summed E-state index contributed by atoms with van der Waals surface area (Å²) in [7, 11) is 0. The number of thiocarbonyl (C=S) groups is 1. The summed E-state index contributed by atoms with van der Waals surface area (Å²) in [6, 6.07) is 12.0. The number of nitrogens with zero attached hydrogens (tertiary/aromatic N) is 1. The lowest BCUT2D eigenvalue weighted by Crippen LogP contribution is -2.12. The van der Waals surface area contributed by atoms with Gasteiger partial charge in [-0.3, -0.25) is 0 Å². The molecular weight excluding hydrogens is 266 g/mol. The van der Waals surface area contributed by atoms with Gasteiger partial charge in [-0.1, -0.05) is 50.3 Å². The minimum atomic E-state index is 0.313. The molecule has 1 heterocycles. The number of pyridine rings is 1. The molecule has 2 rings (SSSR count). The lowest BCUT2D eigenvalue weighted by Gasteiger charge is -2.15. The molecule has 2 aromatic rings. The molecule has 0 aliphatic heterocycles. The molecule has 0 saturated heterocycles. The van der Waals surface area contributed by atoms with E-state index in [1.165, 1.54) is 11.1 Å². The quantitative estimate of drug-likeness (QED) is 0.824. The van der Waals surface area contributed by atoms with Crippen LogP contribution in [0, 0.1) is 0 Å². The summed E-state index contributed by atoms with van der Waals surface area (Å²) in [5.74, 6) is 0.769. The number of anilines is 2. The first-order valence-electron chi connectivity index (χ1n) is 6.80. The molecule has 0 aliphatic carbocycles. The van der Waals surface area contributed by atoms with Gasteiger partial charge >= 0.3 is 0 Å². The Balaban J connectivity index is 2.39. The van der Waals surface area contributed by atoms with Gasteiger partial charge in [-0.05, 0) is 36.1 Å². The molecule has 0 unspecified atom stereocenters. The fraction of sp³-hybridized carbons (Fsp3) is 0.250. The molecular formula is C16H19N3S. The predicted molar refractivity (Wildman–Crippen MR) is 88.6 cm³/mol. The fourth-order valence-electron chi connectivity index (χ4n) is 2.17. The topological polar surface area (TPSA) is 50.9 Å². The molecule has 1 aromatic heterocycles. The van der Waals surface area contributed by atoms with Crippen LogP contribution in [0.2, 0.25) is 0 Å². The summed E-state index contributed by atoms with van der Waals surface area (Å²) < 4.78 is 0. The van der Waals surface area contributed by atoms with Gasteiger partial charge < -0.3 is 11.1 Å². The van der Waals surface area contributed by atoms with Gasteiger partial charge in [0.25, 0.3) is 0 Å². The number of aromatic nitrogens is 1. The highest BCUT2D eigenvalue weighted by atomic mass is 32.1. The smallest absolute Gasteiger partial charge is 0.131 e. The molecule has 0 spiro atoms. The molecule has 4 heteroatoms. The minimum absolute atomic E-state index is 0.313. The van der Waals surface area contributed by atoms with E-state index >= 15 is 0 Å². The lowest BCUT2D eigenvalue weighted by molar-refractivity contribution is 1.08. The zero-order valence-electron chi connectivity index (χ0n) is 11.8. The van der Waals surface area contributed by atoms with E-state index in [0.717, 1.165) is 24.3 Å². The number of aryl methyl sites for hydroxylation is 2. The molecule has 20 heavy (non-hydrogen) atoms. The SMILES string of the molecule is CCc1cccc(CC)c1Nc1cccc(C(N)=S)n1. The van der Waals surface area contributed by atoms with Crippen LogP contribution in [0.15, 0.2) is 36.4 Å². The summed E-state index contributed by atoms with van der Waals surface area (Å²) in [6.07, 6.45) is 1.95. The van der Waals surface area contributed by atoms with Crippen molar-refractivity contribution >= 4 is 28.7 Å². The molecule has 0 aliphatic rings. The molecule has 0 amide bonds. The highest BCUT2D eigenvalue weighted by Gasteiger charge is 2.08. The van der Waals surface area contributed by atoms with Gasteiger partial charge in [0.2, 0.25) is 0 Å². The van der Waals surface area contributed by atoms with Gasteiger partial charge in [0.1, 0.15) is 10.8 Å². The van der Waals surface area contributed by atoms with Crippen LogP contribution in [0.25, 0.3) is 0 Å². The Hall–Kier alpha value is -1.94. The standard InChI is InChI=1S/C16H19N3S/c1-3-11-7-5-8-12(4-2)15(11)19-14-10-6-9-13(18-14)16(17)20/h5-10H,3-4H2,1-2H3,(H2,17,20)(H,18,19). The molecule has 0 atom stereocenters. The molecule has 0 radical (unpaired) electrons. The molecule has 3 N–H and O–H groups in total. The molecule has 0 fully saturated rings. The maximum Gasteiger partial charge on any atom is 0.131 e. The lowest BCUT2D eigenvalue weighted by atomic mass is 10.0. The average Bonchev–Trinajstić information content (AvgIpc) is 2.47. The van der Waals surface area contributed by atoms with Crippen molar-refractivity contribution in [2.75, 3.05) is 5.32 Å². The third-order valence-corrected chi connectivity index (χ3v) is 3.46. The van der Waals surface area contributed by atoms with Crippen LogP contribution >= 0.6 is 12.2 Å². The van der Waals surface area contributed by atoms with E-state index < -0.39 is 0 Å². The van der Waals surface area contributed by atoms with Crippen LogP contribution in [0.4, 0.5) is 11.5 Å². The average molecular weight is 285 g/mol. The number of nitrogens with one attached hydrogen (secondary N) is 1. The summed E-state index contributed by atoms with van der Waals surface area (Å²) in [4.78, 5) is 4.75. The Kier molecular flexibility index (Phi) is 4.69. The summed E-state index contributed by atoms with van der Waals surface area (Å²) in [5, 5.41) is 3.41. The van der Waals surface area contributed by atoms with Crippen molar-refractivity contribution in [2.45, 2.75) is 26.7 Å². The Morgan fingerprint density at radius 3 is 2.25 bits per heavy atom. The predicted octanol–water partition coefficient (Wildman–Crippen LogP) is 3.58. The number of hydrogen-bond donors (Lipinski definition) is 2. The monoisotopic (exact) mass is 285 g/mol. The Morgan fingerprint density at radius 1 is 1.10 bits per heavy atom. The van der Waals surface area contributed by atoms with Crippen molar-refractivity contribution in [2.24, 2.45) is 5.73 Å². The second kappa shape index (κ2) is 6.48. The van der Waals surface area contributed by atoms with Crippen LogP contribution in [-0.2, 0) is 12.8 Å². The van der Waals surface area contributed by atoms with E-state index in [2.05, 4.69) is 42.3 Å². The Bertz CT molecular complexity index is 601. The van der Waals surface area contributed by atoms with Gasteiger partial charge in [-0.15, -0.1) is 0 Å². The number of nitrogens with two attached hydrogens (primary N) is 1. The summed E-state index contributed by atoms with van der Waals surface area (Å²) in [5.41, 5.74) is 9.98. The van der Waals surface area contributed by atoms with Crippen LogP contribution in [-0.4, -0.2) is 9.97 Å². The minimum Gasteiger partial charge on any atom is -0.388 e. The van der Waals surface area contributed by atoms with E-state index in [-0.39, 0.29) is 0 Å². The number of rotatable bonds is 5. The highest BCUT2D eigenvalue weighted by molar-refractivity contribution is 7.80. The zero-order valence-corrected chi connectivity index (χ0v) is 12.6. The third kappa shape index (κ3) is 3.14. The van der Waals surface area contributed by atoms with Crippen LogP contribution < -0.4 is 11.1 Å². The normalized spacial score (nSPS) is 10.3. The first kappa shape index (κ1) is 14.5. The maximum absolute atomic E-state index is 5.63. The molecule has 0 bridgehead atoms. The van der Waals surface area contributed by atoms with Crippen molar-refractivity contribution in [3.05, 3.63) is 53.2 Å². The van der Waals surface area contributed by atoms with E-state index in [0.29, 0.717) is 10.7 Å². The van der Waals surface area contributed by atoms with Crippen molar-refractivity contribution < 1.29 is 0 Å². The van der Waals surface area contributed by atoms with Crippen molar-refractivity contribution in [3.8, 4) is 0 Å². The second-order valence-electron chi connectivity index (χ2n) is 4.56. The van der Waals surface area contributed by atoms with Gasteiger partial charge in [0.05, 0.1) is 5.69 Å². The first-order valence-corrected chi connectivity index (χ1v) is 7.21. The van der Waals surface area contributed by atoms with Crippen LogP contribution in [0.3, 0.4) is 0 Å². The van der Waals surface area contributed by atoms with E-state index in [4.69, 9.17) is 18.0 Å². The molecule has 1 aromatic carbocycles. The van der Waals surface area contributed by atoms with Gasteiger partial charge in [-0.2, -0.15) is 0 Å². The van der Waals surface area contributed by atoms with Crippen molar-refractivity contribution in [1.82, 2.24) is 4.98 Å². The second-order valence-corrected chi connectivity index (χ2v) is 5.00. The fourth-order valence-corrected chi connectivity index (χ4v) is 2.29. The van der Waals surface area contributed by atoms with E-state index in [1.807, 2.05) is 18.2 Å². The zero-order chi connectivity index (χ0) is 14.5. The van der Waals surface area contributed by atoms with Crippen LogP contribution in [0.1, 0.15) is 30.7 Å². The third-order valence-electron chi connectivity index (χ3n) is 3.25. The maximum atomic E-state index is 5.63. The van der Waals surface area contributed by atoms with Crippen molar-refractivity contribution in [3.63, 3.8) is 0 Å². The molecule has 3 nitrogen and oxygen atoms in total. The number of benzene rings is 1. The van der Waals surface area contributed by atoms with E-state index in [9.17, 15) is 0 Å². The Labute approximate surface area is 125 Å². The highest BCUT2D eigenvalue weighted by Crippen LogP contribution is 2.25. The molecule has 0 saturated carbocycles. The van der Waals surface area contributed by atoms with Gasteiger partial charge in [-0.25, -0.2) is 4.98 Å². The van der Waals surface area contributed by atoms with Crippen molar-refractivity contribution in [1.29, 1.82) is 0 Å². The Morgan fingerprint density at radius 2 is 1.70 bits per heavy atom. The van der Waals surface area contributed by atoms with Gasteiger partial charge in [0, 0.05) is 5.69 Å². The first-order chi connectivity index (χ1) is 9.65.